The first-order valence-corrected chi connectivity index (χ1v) is 10.1. The summed E-state index contributed by atoms with van der Waals surface area (Å²) in [6.07, 6.45) is 7.08. The maximum atomic E-state index is 13.0. The van der Waals surface area contributed by atoms with Crippen LogP contribution in [0.15, 0.2) is 18.2 Å². The first-order chi connectivity index (χ1) is 13.6. The van der Waals surface area contributed by atoms with Gasteiger partial charge in [-0.2, -0.15) is 0 Å². The first kappa shape index (κ1) is 20.3. The van der Waals surface area contributed by atoms with Crippen LogP contribution < -0.4 is 5.73 Å². The Morgan fingerprint density at radius 3 is 2.57 bits per heavy atom. The van der Waals surface area contributed by atoms with Gasteiger partial charge < -0.3 is 20.8 Å². The molecule has 0 bridgehead atoms. The second-order valence-electron chi connectivity index (χ2n) is 7.69. The minimum Gasteiger partial charge on any atom is -0.454 e. The standard InChI is InChI=1S/C21H30N4O3/c22-14-17-12-16(6-7-19(17)23)13-20(28-15-26)21(27)25-10-8-24(9-11-25)18-4-2-1-3-5-18/h6-7,12,14-15,18,20,22H,1-5,8-11,13,23H2. The highest BCUT2D eigenvalue weighted by Crippen LogP contribution is 2.24. The number of anilines is 1. The highest BCUT2D eigenvalue weighted by molar-refractivity contribution is 5.85. The van der Waals surface area contributed by atoms with E-state index in [0.29, 0.717) is 36.9 Å². The number of nitrogens with one attached hydrogen (secondary N) is 1. The van der Waals surface area contributed by atoms with E-state index in [0.717, 1.165) is 18.7 Å². The molecule has 0 spiro atoms. The van der Waals surface area contributed by atoms with Crippen molar-refractivity contribution in [3.8, 4) is 0 Å². The summed E-state index contributed by atoms with van der Waals surface area (Å²) in [5, 5.41) is 7.42. The van der Waals surface area contributed by atoms with Gasteiger partial charge >= 0.3 is 0 Å². The maximum Gasteiger partial charge on any atom is 0.293 e. The Morgan fingerprint density at radius 2 is 1.93 bits per heavy atom. The zero-order valence-corrected chi connectivity index (χ0v) is 16.3. The van der Waals surface area contributed by atoms with Gasteiger partial charge in [-0.3, -0.25) is 14.5 Å². The van der Waals surface area contributed by atoms with Crippen molar-refractivity contribution in [2.75, 3.05) is 31.9 Å². The van der Waals surface area contributed by atoms with Crippen molar-refractivity contribution in [3.05, 3.63) is 29.3 Å². The molecule has 2 fully saturated rings. The van der Waals surface area contributed by atoms with Crippen LogP contribution in [-0.2, 0) is 20.7 Å². The van der Waals surface area contributed by atoms with Crippen molar-refractivity contribution >= 4 is 24.3 Å². The number of nitrogens with zero attached hydrogens (tertiary/aromatic N) is 2. The van der Waals surface area contributed by atoms with E-state index >= 15 is 0 Å². The molecule has 1 atom stereocenters. The molecular weight excluding hydrogens is 356 g/mol. The summed E-state index contributed by atoms with van der Waals surface area (Å²) < 4.78 is 5.13. The number of piperazine rings is 1. The molecular formula is C21H30N4O3. The second kappa shape index (κ2) is 9.68. The number of nitrogen functional groups attached to an aromatic ring is 1. The average Bonchev–Trinajstić information content (AvgIpc) is 2.75. The topological polar surface area (TPSA) is 99.7 Å². The minimum atomic E-state index is -0.846. The number of hydrogen-bond donors (Lipinski definition) is 2. The van der Waals surface area contributed by atoms with E-state index in [1.54, 1.807) is 18.2 Å². The van der Waals surface area contributed by atoms with Gasteiger partial charge in [-0.05, 0) is 30.5 Å². The maximum absolute atomic E-state index is 13.0. The van der Waals surface area contributed by atoms with Gasteiger partial charge in [0.25, 0.3) is 12.4 Å². The van der Waals surface area contributed by atoms with Crippen LogP contribution in [0.4, 0.5) is 5.69 Å². The van der Waals surface area contributed by atoms with E-state index in [1.807, 2.05) is 4.90 Å². The van der Waals surface area contributed by atoms with Crippen LogP contribution in [0.1, 0.15) is 43.2 Å². The lowest BCUT2D eigenvalue weighted by atomic mass is 9.94. The van der Waals surface area contributed by atoms with E-state index < -0.39 is 6.10 Å². The van der Waals surface area contributed by atoms with Gasteiger partial charge in [0.2, 0.25) is 0 Å². The van der Waals surface area contributed by atoms with Crippen LogP contribution in [-0.4, -0.2) is 66.7 Å². The number of benzene rings is 1. The second-order valence-corrected chi connectivity index (χ2v) is 7.69. The van der Waals surface area contributed by atoms with Crippen molar-refractivity contribution in [2.45, 2.75) is 50.7 Å². The minimum absolute atomic E-state index is 0.149. The first-order valence-electron chi connectivity index (χ1n) is 10.1. The number of hydrogen-bond acceptors (Lipinski definition) is 6. The third kappa shape index (κ3) is 4.90. The molecule has 1 saturated carbocycles. The SMILES string of the molecule is N=Cc1cc(CC(OC=O)C(=O)N2CCN(C3CCCCC3)CC2)ccc1N. The molecule has 0 radical (unpaired) electrons. The molecule has 3 N–H and O–H groups in total. The lowest BCUT2D eigenvalue weighted by Gasteiger charge is -2.41. The number of ether oxygens (including phenoxy) is 1. The van der Waals surface area contributed by atoms with Crippen LogP contribution >= 0.6 is 0 Å². The summed E-state index contributed by atoms with van der Waals surface area (Å²) in [6.45, 7) is 3.44. The van der Waals surface area contributed by atoms with E-state index in [2.05, 4.69) is 4.90 Å². The van der Waals surface area contributed by atoms with E-state index in [-0.39, 0.29) is 12.3 Å². The smallest absolute Gasteiger partial charge is 0.293 e. The lowest BCUT2D eigenvalue weighted by Crippen LogP contribution is -2.54. The van der Waals surface area contributed by atoms with Gasteiger partial charge in [-0.25, -0.2) is 0 Å². The third-order valence-electron chi connectivity index (χ3n) is 5.94. The molecule has 7 nitrogen and oxygen atoms in total. The quantitative estimate of drug-likeness (QED) is 0.423. The normalized spacial score (nSPS) is 19.8. The Balaban J connectivity index is 1.60. The molecule has 1 aliphatic carbocycles. The molecule has 1 aliphatic heterocycles. The third-order valence-corrected chi connectivity index (χ3v) is 5.94. The Bertz CT molecular complexity index is 695. The van der Waals surface area contributed by atoms with Crippen molar-refractivity contribution in [1.82, 2.24) is 9.80 Å². The van der Waals surface area contributed by atoms with Gasteiger partial charge in [-0.1, -0.05) is 25.3 Å². The van der Waals surface area contributed by atoms with Gasteiger partial charge in [0, 0.05) is 56.1 Å². The van der Waals surface area contributed by atoms with Crippen LogP contribution in [0, 0.1) is 5.41 Å². The summed E-state index contributed by atoms with van der Waals surface area (Å²) in [7, 11) is 0. The zero-order valence-electron chi connectivity index (χ0n) is 16.3. The lowest BCUT2D eigenvalue weighted by molar-refractivity contribution is -0.152. The van der Waals surface area contributed by atoms with E-state index in [4.69, 9.17) is 15.9 Å². The summed E-state index contributed by atoms with van der Waals surface area (Å²) in [4.78, 5) is 28.2. The fourth-order valence-electron chi connectivity index (χ4n) is 4.31. The summed E-state index contributed by atoms with van der Waals surface area (Å²) in [5.41, 5.74) is 7.74. The molecule has 1 aromatic rings. The number of carbonyl (C=O) groups excluding carboxylic acids is 2. The Morgan fingerprint density at radius 1 is 1.21 bits per heavy atom. The predicted molar refractivity (Wildman–Crippen MR) is 108 cm³/mol. The van der Waals surface area contributed by atoms with Crippen LogP contribution in [0.5, 0.6) is 0 Å². The molecule has 1 heterocycles. The fraction of sp³-hybridized carbons (Fsp3) is 0.571. The van der Waals surface area contributed by atoms with Crippen molar-refractivity contribution in [3.63, 3.8) is 0 Å². The zero-order chi connectivity index (χ0) is 19.9. The Labute approximate surface area is 166 Å². The number of rotatable bonds is 7. The molecule has 1 aromatic carbocycles. The van der Waals surface area contributed by atoms with Gasteiger partial charge in [0.1, 0.15) is 0 Å². The molecule has 7 heteroatoms. The molecule has 3 rings (SSSR count). The van der Waals surface area contributed by atoms with Crippen LogP contribution in [0.25, 0.3) is 0 Å². The predicted octanol–water partition coefficient (Wildman–Crippen LogP) is 1.83. The fourth-order valence-corrected chi connectivity index (χ4v) is 4.31. The van der Waals surface area contributed by atoms with Gasteiger partial charge in [0.05, 0.1) is 0 Å². The monoisotopic (exact) mass is 386 g/mol. The van der Waals surface area contributed by atoms with Crippen LogP contribution in [0.3, 0.4) is 0 Å². The highest BCUT2D eigenvalue weighted by atomic mass is 16.5. The number of carbonyl (C=O) groups is 2. The van der Waals surface area contributed by atoms with Gasteiger partial charge in [-0.15, -0.1) is 0 Å². The summed E-state index contributed by atoms with van der Waals surface area (Å²) in [6, 6.07) is 5.93. The number of amides is 1. The molecule has 28 heavy (non-hydrogen) atoms. The highest BCUT2D eigenvalue weighted by Gasteiger charge is 2.31. The van der Waals surface area contributed by atoms with E-state index in [1.165, 1.54) is 38.3 Å². The van der Waals surface area contributed by atoms with Crippen molar-refractivity contribution < 1.29 is 14.3 Å². The molecule has 1 saturated heterocycles. The van der Waals surface area contributed by atoms with Gasteiger partial charge in [0.15, 0.2) is 6.10 Å². The van der Waals surface area contributed by atoms with Crippen molar-refractivity contribution in [2.24, 2.45) is 0 Å². The Kier molecular flexibility index (Phi) is 7.03. The molecule has 0 aromatic heterocycles. The van der Waals surface area contributed by atoms with Crippen molar-refractivity contribution in [1.29, 1.82) is 5.41 Å². The average molecular weight is 386 g/mol. The number of nitrogens with two attached hydrogens (primary N) is 1. The van der Waals surface area contributed by atoms with E-state index in [9.17, 15) is 9.59 Å². The molecule has 1 amide bonds. The molecule has 1 unspecified atom stereocenters. The summed E-state index contributed by atoms with van der Waals surface area (Å²) in [5.74, 6) is -0.149. The molecule has 152 valence electrons. The van der Waals surface area contributed by atoms with Crippen LogP contribution in [0.2, 0.25) is 0 Å². The molecule has 2 aliphatic rings. The Hall–Kier alpha value is -2.41. The summed E-state index contributed by atoms with van der Waals surface area (Å²) >= 11 is 0. The largest absolute Gasteiger partial charge is 0.454 e.